The van der Waals surface area contributed by atoms with Crippen LogP contribution in [0.3, 0.4) is 0 Å². The molecule has 0 amide bonds. The number of hydrogen-bond donors (Lipinski definition) is 1. The highest BCUT2D eigenvalue weighted by atomic mass is 35.5. The monoisotopic (exact) mass is 496 g/mol. The van der Waals surface area contributed by atoms with E-state index in [0.717, 1.165) is 24.2 Å². The molecule has 168 valence electrons. The molecule has 1 saturated heterocycles. The quantitative estimate of drug-likeness (QED) is 0.450. The normalized spacial score (nSPS) is 17.9. The van der Waals surface area contributed by atoms with Crippen molar-refractivity contribution in [3.63, 3.8) is 0 Å². The number of nitrogens with zero attached hydrogens (tertiary/aromatic N) is 2. The van der Waals surface area contributed by atoms with Gasteiger partial charge in [-0.1, -0.05) is 46.0 Å². The number of likely N-dealkylation sites (tertiary alicyclic amines) is 1. The Morgan fingerprint density at radius 1 is 1.16 bits per heavy atom. The van der Waals surface area contributed by atoms with E-state index in [4.69, 9.17) is 44.1 Å². The minimum absolute atomic E-state index is 0.150. The Morgan fingerprint density at radius 3 is 2.44 bits per heavy atom. The van der Waals surface area contributed by atoms with Crippen molar-refractivity contribution in [2.75, 3.05) is 20.1 Å². The maximum absolute atomic E-state index is 13.7. The highest BCUT2D eigenvalue weighted by molar-refractivity contribution is 6.39. The van der Waals surface area contributed by atoms with E-state index in [2.05, 4.69) is 5.16 Å². The molecular weight excluding hydrogens is 478 g/mol. The Morgan fingerprint density at radius 2 is 1.84 bits per heavy atom. The van der Waals surface area contributed by atoms with Crippen LogP contribution in [0.25, 0.3) is 11.3 Å². The van der Waals surface area contributed by atoms with Crippen molar-refractivity contribution in [1.29, 1.82) is 0 Å². The summed E-state index contributed by atoms with van der Waals surface area (Å²) >= 11 is 19.0. The Hall–Kier alpha value is -1.83. The molecule has 9 heteroatoms. The molecule has 2 fully saturated rings. The number of aromatic nitrogens is 1. The molecule has 2 aliphatic rings. The molecule has 0 radical (unpaired) electrons. The highest BCUT2D eigenvalue weighted by Crippen LogP contribution is 2.46. The fraction of sp³-hybridized carbons (Fsp3) is 0.348. The first-order valence-corrected chi connectivity index (χ1v) is 11.4. The molecule has 1 aliphatic carbocycles. The fourth-order valence-corrected chi connectivity index (χ4v) is 5.21. The van der Waals surface area contributed by atoms with E-state index >= 15 is 0 Å². The van der Waals surface area contributed by atoms with Gasteiger partial charge in [0.2, 0.25) is 0 Å². The van der Waals surface area contributed by atoms with Gasteiger partial charge < -0.3 is 14.4 Å². The van der Waals surface area contributed by atoms with Crippen molar-refractivity contribution in [1.82, 2.24) is 10.1 Å². The molecule has 0 atom stereocenters. The second kappa shape index (κ2) is 8.19. The van der Waals surface area contributed by atoms with Gasteiger partial charge in [-0.15, -0.1) is 0 Å². The zero-order chi connectivity index (χ0) is 22.6. The number of hydrogen-bond acceptors (Lipinski definition) is 5. The maximum Gasteiger partial charge on any atom is 0.147 e. The van der Waals surface area contributed by atoms with Gasteiger partial charge in [-0.2, -0.15) is 0 Å². The molecular formula is C23H20Cl3FN2O3. The summed E-state index contributed by atoms with van der Waals surface area (Å²) in [4.78, 5) is 2.01. The molecule has 5 rings (SSSR count). The summed E-state index contributed by atoms with van der Waals surface area (Å²) in [6, 6.07) is 7.64. The first kappa shape index (κ1) is 22.0. The topological polar surface area (TPSA) is 58.7 Å². The van der Waals surface area contributed by atoms with Gasteiger partial charge >= 0.3 is 0 Å². The van der Waals surface area contributed by atoms with Gasteiger partial charge in [0.05, 0.1) is 20.6 Å². The van der Waals surface area contributed by atoms with Crippen LogP contribution < -0.4 is 4.74 Å². The number of halogens is 4. The van der Waals surface area contributed by atoms with E-state index in [9.17, 15) is 9.50 Å². The number of benzene rings is 2. The number of β-amino-alcohol motifs (C(OH)–C–C–N with tert-alkyl or cyclic N) is 1. The Bertz CT molecular complexity index is 1170. The summed E-state index contributed by atoms with van der Waals surface area (Å²) in [5, 5.41) is 15.6. The lowest BCUT2D eigenvalue weighted by atomic mass is 9.86. The fourth-order valence-electron chi connectivity index (χ4n) is 4.23. The molecule has 32 heavy (non-hydrogen) atoms. The van der Waals surface area contributed by atoms with Crippen molar-refractivity contribution >= 4 is 34.8 Å². The minimum Gasteiger partial charge on any atom is -0.489 e. The lowest BCUT2D eigenvalue weighted by molar-refractivity contribution is -0.0918. The smallest absolute Gasteiger partial charge is 0.147 e. The molecule has 0 bridgehead atoms. The summed E-state index contributed by atoms with van der Waals surface area (Å²) in [5.74, 6) is 1.01. The van der Waals surface area contributed by atoms with Crippen LogP contribution in [0.1, 0.15) is 35.6 Å². The zero-order valence-electron chi connectivity index (χ0n) is 17.2. The van der Waals surface area contributed by atoms with E-state index in [0.29, 0.717) is 40.7 Å². The first-order valence-electron chi connectivity index (χ1n) is 10.2. The van der Waals surface area contributed by atoms with Crippen LogP contribution in [-0.2, 0) is 12.2 Å². The molecule has 1 aliphatic heterocycles. The molecule has 5 nitrogen and oxygen atoms in total. The van der Waals surface area contributed by atoms with E-state index < -0.39 is 11.4 Å². The third-order valence-electron chi connectivity index (χ3n) is 5.90. The van der Waals surface area contributed by atoms with Crippen molar-refractivity contribution in [3.8, 4) is 17.0 Å². The lowest BCUT2D eigenvalue weighted by Gasteiger charge is -2.45. The van der Waals surface area contributed by atoms with Crippen molar-refractivity contribution in [2.45, 2.75) is 31.0 Å². The van der Waals surface area contributed by atoms with Crippen LogP contribution in [0.15, 0.2) is 34.9 Å². The average Bonchev–Trinajstić information content (AvgIpc) is 3.45. The Kier molecular flexibility index (Phi) is 5.63. The molecule has 0 unspecified atom stereocenters. The molecule has 3 aromatic rings. The van der Waals surface area contributed by atoms with Crippen LogP contribution in [-0.4, -0.2) is 35.3 Å². The Labute approximate surface area is 199 Å². The van der Waals surface area contributed by atoms with Crippen LogP contribution in [0.4, 0.5) is 4.39 Å². The van der Waals surface area contributed by atoms with Crippen molar-refractivity contribution in [3.05, 3.63) is 68.1 Å². The van der Waals surface area contributed by atoms with Gasteiger partial charge in [0.25, 0.3) is 0 Å². The van der Waals surface area contributed by atoms with Gasteiger partial charge in [-0.05, 0) is 44.2 Å². The second-order valence-electron chi connectivity index (χ2n) is 8.53. The van der Waals surface area contributed by atoms with E-state index in [1.807, 2.05) is 11.9 Å². The van der Waals surface area contributed by atoms with Crippen molar-refractivity contribution in [2.24, 2.45) is 0 Å². The van der Waals surface area contributed by atoms with Crippen LogP contribution in [0, 0.1) is 5.82 Å². The molecule has 2 aromatic carbocycles. The van der Waals surface area contributed by atoms with Gasteiger partial charge in [0, 0.05) is 30.1 Å². The number of ether oxygens (including phenoxy) is 1. The third kappa shape index (κ3) is 3.99. The van der Waals surface area contributed by atoms with Gasteiger partial charge in [-0.3, -0.25) is 4.90 Å². The van der Waals surface area contributed by atoms with Crippen LogP contribution in [0.2, 0.25) is 15.1 Å². The van der Waals surface area contributed by atoms with E-state index in [1.165, 1.54) is 12.1 Å². The molecule has 1 aromatic heterocycles. The number of rotatable bonds is 6. The summed E-state index contributed by atoms with van der Waals surface area (Å²) < 4.78 is 25.3. The van der Waals surface area contributed by atoms with Gasteiger partial charge in [0.15, 0.2) is 0 Å². The third-order valence-corrected chi connectivity index (χ3v) is 6.81. The van der Waals surface area contributed by atoms with Crippen LogP contribution in [0.5, 0.6) is 5.75 Å². The zero-order valence-corrected chi connectivity index (χ0v) is 19.4. The molecule has 0 spiro atoms. The SMILES string of the molecule is CN1CC(O)(c2ccc(OCc3c(-c4c(Cl)cc(F)cc4Cl)noc3C3CC3)cc2Cl)C1. The number of likely N-dealkylation sites (N-methyl/N-ethyl adjacent to an activating group) is 1. The average molecular weight is 498 g/mol. The predicted molar refractivity (Wildman–Crippen MR) is 121 cm³/mol. The second-order valence-corrected chi connectivity index (χ2v) is 9.75. The maximum atomic E-state index is 13.7. The lowest BCUT2D eigenvalue weighted by Crippen LogP contribution is -2.57. The Balaban J connectivity index is 1.43. The predicted octanol–water partition coefficient (Wildman–Crippen LogP) is 6.03. The van der Waals surface area contributed by atoms with Gasteiger partial charge in [-0.25, -0.2) is 4.39 Å². The minimum atomic E-state index is -0.943. The molecule has 2 heterocycles. The van der Waals surface area contributed by atoms with Crippen molar-refractivity contribution < 1.29 is 18.8 Å². The number of aliphatic hydroxyl groups is 1. The first-order chi connectivity index (χ1) is 15.2. The summed E-state index contributed by atoms with van der Waals surface area (Å²) in [6.45, 7) is 1.21. The van der Waals surface area contributed by atoms with E-state index in [1.54, 1.807) is 18.2 Å². The van der Waals surface area contributed by atoms with Gasteiger partial charge in [0.1, 0.15) is 35.2 Å². The summed E-state index contributed by atoms with van der Waals surface area (Å²) in [7, 11) is 1.94. The molecule has 1 saturated carbocycles. The summed E-state index contributed by atoms with van der Waals surface area (Å²) in [5.41, 5.74) is 1.31. The largest absolute Gasteiger partial charge is 0.489 e. The highest BCUT2D eigenvalue weighted by Gasteiger charge is 2.42. The van der Waals surface area contributed by atoms with Crippen LogP contribution >= 0.6 is 34.8 Å². The molecule has 1 N–H and O–H groups in total. The summed E-state index contributed by atoms with van der Waals surface area (Å²) in [6.07, 6.45) is 2.00. The van der Waals surface area contributed by atoms with E-state index in [-0.39, 0.29) is 22.6 Å². The standard InChI is InChI=1S/C23H20Cl3FN2O3/c1-29-10-23(30,11-29)16-5-4-14(8-17(16)24)31-9-15-21(28-32-22(15)12-2-3-12)20-18(25)6-13(27)7-19(20)26/h4-8,12,30H,2-3,9-11H2,1H3.